The minimum atomic E-state index is -1.44. The van der Waals surface area contributed by atoms with Crippen LogP contribution in [0.1, 0.15) is 56.0 Å². The highest BCUT2D eigenvalue weighted by atomic mass is 16.6. The quantitative estimate of drug-likeness (QED) is 0.193. The van der Waals surface area contributed by atoms with Crippen molar-refractivity contribution < 1.29 is 28.7 Å². The second kappa shape index (κ2) is 13.9. The van der Waals surface area contributed by atoms with Gasteiger partial charge < -0.3 is 24.9 Å². The largest absolute Gasteiger partial charge is 0.498 e. The van der Waals surface area contributed by atoms with Gasteiger partial charge in [0, 0.05) is 12.7 Å². The SMILES string of the molecule is CCN1/C(=C(\C#N)c2nc(NC(=O)C3CN(C(=O)OC(C)(C)C)CC[N+]3(CC3c4ccccc4-c4ccccc43)C(=O)[O-])ncc2C)Nc2ccccc21. The maximum absolute atomic E-state index is 14.6. The third-order valence-electron chi connectivity index (χ3n) is 10.4. The molecule has 13 heteroatoms. The zero-order chi connectivity index (χ0) is 38.4. The van der Waals surface area contributed by atoms with Crippen molar-refractivity contribution in [3.63, 3.8) is 0 Å². The van der Waals surface area contributed by atoms with Crippen molar-refractivity contribution in [1.29, 1.82) is 5.26 Å². The predicted molar refractivity (Wildman–Crippen MR) is 202 cm³/mol. The lowest BCUT2D eigenvalue weighted by molar-refractivity contribution is -0.895. The summed E-state index contributed by atoms with van der Waals surface area (Å²) < 4.78 is 4.90. The molecule has 7 rings (SSSR count). The highest BCUT2D eigenvalue weighted by Gasteiger charge is 2.52. The molecule has 3 heterocycles. The molecule has 2 aliphatic heterocycles. The molecule has 2 atom stereocenters. The van der Waals surface area contributed by atoms with Crippen molar-refractivity contribution in [2.45, 2.75) is 52.2 Å². The van der Waals surface area contributed by atoms with E-state index in [1.807, 2.05) is 84.6 Å². The van der Waals surface area contributed by atoms with E-state index >= 15 is 0 Å². The number of amides is 3. The van der Waals surface area contributed by atoms with Gasteiger partial charge in [0.25, 0.3) is 12.0 Å². The molecule has 0 radical (unpaired) electrons. The minimum absolute atomic E-state index is 0.000367. The van der Waals surface area contributed by atoms with Crippen molar-refractivity contribution in [1.82, 2.24) is 14.9 Å². The minimum Gasteiger partial charge on any atom is -0.498 e. The lowest BCUT2D eigenvalue weighted by Crippen LogP contribution is -2.75. The number of ether oxygens (including phenoxy) is 1. The van der Waals surface area contributed by atoms with Gasteiger partial charge in [-0.3, -0.25) is 19.5 Å². The number of para-hydroxylation sites is 2. The number of hydrogen-bond donors (Lipinski definition) is 2. The van der Waals surface area contributed by atoms with E-state index in [1.165, 1.54) is 11.1 Å². The summed E-state index contributed by atoms with van der Waals surface area (Å²) in [4.78, 5) is 53.9. The molecule has 1 aromatic heterocycles. The Morgan fingerprint density at radius 3 is 2.31 bits per heavy atom. The summed E-state index contributed by atoms with van der Waals surface area (Å²) in [6.45, 7) is 9.21. The number of quaternary nitrogens is 1. The maximum atomic E-state index is 14.6. The first kappa shape index (κ1) is 36.1. The number of aromatic nitrogens is 2. The molecule has 276 valence electrons. The van der Waals surface area contributed by atoms with Crippen LogP contribution in [0.5, 0.6) is 0 Å². The van der Waals surface area contributed by atoms with Crippen LogP contribution in [0.25, 0.3) is 16.7 Å². The Bertz CT molecular complexity index is 2200. The number of carbonyl (C=O) groups excluding carboxylic acids is 3. The van der Waals surface area contributed by atoms with E-state index in [0.717, 1.165) is 33.6 Å². The number of anilines is 3. The molecule has 1 aliphatic carbocycles. The Labute approximate surface area is 314 Å². The van der Waals surface area contributed by atoms with Crippen LogP contribution in [0.3, 0.4) is 0 Å². The molecule has 0 saturated carbocycles. The van der Waals surface area contributed by atoms with Crippen molar-refractivity contribution in [3.8, 4) is 17.2 Å². The monoisotopic (exact) mass is 726 g/mol. The summed E-state index contributed by atoms with van der Waals surface area (Å²) in [7, 11) is 0. The van der Waals surface area contributed by atoms with E-state index in [2.05, 4.69) is 26.7 Å². The number of carboxylic acid groups (broad SMARTS) is 1. The highest BCUT2D eigenvalue weighted by Crippen LogP contribution is 2.46. The lowest BCUT2D eigenvalue weighted by Gasteiger charge is -2.49. The van der Waals surface area contributed by atoms with E-state index in [4.69, 9.17) is 4.74 Å². The van der Waals surface area contributed by atoms with Crippen molar-refractivity contribution >= 4 is 41.0 Å². The fourth-order valence-electron chi connectivity index (χ4n) is 7.83. The average Bonchev–Trinajstić information content (AvgIpc) is 3.67. The second-order valence-electron chi connectivity index (χ2n) is 14.8. The van der Waals surface area contributed by atoms with Crippen molar-refractivity contribution in [3.05, 3.63) is 107 Å². The molecule has 0 spiro atoms. The van der Waals surface area contributed by atoms with Gasteiger partial charge in [0.2, 0.25) is 5.95 Å². The zero-order valence-corrected chi connectivity index (χ0v) is 30.9. The number of nitrogens with one attached hydrogen (secondary N) is 2. The maximum Gasteiger partial charge on any atom is 0.410 e. The van der Waals surface area contributed by atoms with E-state index in [-0.39, 0.29) is 43.6 Å². The second-order valence-corrected chi connectivity index (χ2v) is 14.8. The Morgan fingerprint density at radius 1 is 1.04 bits per heavy atom. The van der Waals surface area contributed by atoms with E-state index in [1.54, 1.807) is 27.7 Å². The number of piperazine rings is 1. The number of aryl methyl sites for hydroxylation is 1. The summed E-state index contributed by atoms with van der Waals surface area (Å²) in [5, 5.41) is 30.1. The fourth-order valence-corrected chi connectivity index (χ4v) is 7.83. The normalized spacial score (nSPS) is 19.9. The highest BCUT2D eigenvalue weighted by molar-refractivity contribution is 5.95. The topological polar surface area (TPSA) is 164 Å². The van der Waals surface area contributed by atoms with Crippen LogP contribution in [0, 0.1) is 18.3 Å². The van der Waals surface area contributed by atoms with Crippen LogP contribution in [0.2, 0.25) is 0 Å². The summed E-state index contributed by atoms with van der Waals surface area (Å²) in [5.74, 6) is -0.648. The number of nitriles is 1. The molecule has 1 saturated heterocycles. The van der Waals surface area contributed by atoms with Crippen molar-refractivity contribution in [2.24, 2.45) is 0 Å². The third-order valence-corrected chi connectivity index (χ3v) is 10.4. The molecular weight excluding hydrogens is 685 g/mol. The van der Waals surface area contributed by atoms with Gasteiger partial charge in [-0.15, -0.1) is 0 Å². The van der Waals surface area contributed by atoms with E-state index < -0.39 is 34.2 Å². The number of hydrogen-bond acceptors (Lipinski definition) is 10. The number of benzene rings is 3. The lowest BCUT2D eigenvalue weighted by atomic mass is 9.93. The van der Waals surface area contributed by atoms with Crippen LogP contribution in [-0.4, -0.2) is 81.8 Å². The molecule has 13 nitrogen and oxygen atoms in total. The summed E-state index contributed by atoms with van der Waals surface area (Å²) >= 11 is 0. The summed E-state index contributed by atoms with van der Waals surface area (Å²) in [5.41, 5.74) is 6.02. The van der Waals surface area contributed by atoms with E-state index in [0.29, 0.717) is 23.6 Å². The van der Waals surface area contributed by atoms with Crippen LogP contribution < -0.4 is 20.6 Å². The van der Waals surface area contributed by atoms with Gasteiger partial charge in [-0.1, -0.05) is 60.7 Å². The number of nitrogens with zero attached hydrogens (tertiary/aromatic N) is 6. The molecule has 3 amide bonds. The van der Waals surface area contributed by atoms with Gasteiger partial charge in [-0.05, 0) is 74.6 Å². The standard InChI is InChI=1S/C41H42N8O5/c1-6-48-33-18-12-11-17-32(33)44-36(48)30(21-42)35-25(2)22-43-38(45-35)46-37(50)34-23-47(39(51)54-41(3,4)5)19-20-49(34,40(52)53)24-31-28-15-9-7-13-26(28)27-14-8-10-16-29(27)31/h7-18,22,31,34H,6,19-20,23-24H2,1-5H3,(H2-,43,44,45,46,50,52,53). The van der Waals surface area contributed by atoms with Crippen molar-refractivity contribution in [2.75, 3.05) is 48.3 Å². The first-order valence-corrected chi connectivity index (χ1v) is 18.0. The van der Waals surface area contributed by atoms with Gasteiger partial charge in [-0.2, -0.15) is 5.26 Å². The molecule has 4 aromatic rings. The third kappa shape index (κ3) is 6.39. The molecule has 1 fully saturated rings. The average molecular weight is 727 g/mol. The first-order valence-electron chi connectivity index (χ1n) is 18.0. The molecule has 3 aliphatic rings. The Balaban J connectivity index is 1.26. The Kier molecular flexibility index (Phi) is 9.33. The summed E-state index contributed by atoms with van der Waals surface area (Å²) in [6, 6.07) is 24.4. The molecule has 2 unspecified atom stereocenters. The molecular formula is C41H42N8O5. The number of fused-ring (bicyclic) bond motifs is 4. The first-order chi connectivity index (χ1) is 25.8. The van der Waals surface area contributed by atoms with Crippen LogP contribution in [0.15, 0.2) is 84.8 Å². The molecule has 0 bridgehead atoms. The molecule has 54 heavy (non-hydrogen) atoms. The Hall–Kier alpha value is -6.26. The molecule has 2 N–H and O–H groups in total. The van der Waals surface area contributed by atoms with Crippen LogP contribution >= 0.6 is 0 Å². The zero-order valence-electron chi connectivity index (χ0n) is 30.9. The van der Waals surface area contributed by atoms with E-state index in [9.17, 15) is 24.8 Å². The molecule has 3 aromatic carbocycles. The summed E-state index contributed by atoms with van der Waals surface area (Å²) in [6.07, 6.45) is -0.581. The van der Waals surface area contributed by atoms with Crippen LogP contribution in [0.4, 0.5) is 26.9 Å². The predicted octanol–water partition coefficient (Wildman–Crippen LogP) is 5.46. The fraction of sp³-hybridized carbons (Fsp3) is 0.317. The van der Waals surface area contributed by atoms with Gasteiger partial charge >= 0.3 is 6.09 Å². The smallest absolute Gasteiger partial charge is 0.410 e. The number of carbonyl (C=O) groups is 3. The van der Waals surface area contributed by atoms with Gasteiger partial charge in [0.15, 0.2) is 6.04 Å². The van der Waals surface area contributed by atoms with Gasteiger partial charge in [0.1, 0.15) is 29.6 Å². The number of rotatable bonds is 6. The Morgan fingerprint density at radius 2 is 1.69 bits per heavy atom. The van der Waals surface area contributed by atoms with Crippen LogP contribution in [-0.2, 0) is 9.53 Å². The van der Waals surface area contributed by atoms with Gasteiger partial charge in [-0.25, -0.2) is 14.8 Å². The van der Waals surface area contributed by atoms with Gasteiger partial charge in [0.05, 0.1) is 42.6 Å². The number of allylic oxidation sites excluding steroid dienone is 1.